The van der Waals surface area contributed by atoms with Gasteiger partial charge in [0.25, 0.3) is 5.91 Å². The standard InChI is InChI=1S/C13H18BrNO4/c1-18-7-5-15(6-8-19-2)13(17)10-3-4-11(14)12(16)9-10/h3-4,9,16H,5-8H2,1-2H3. The minimum absolute atomic E-state index is 0.0456. The van der Waals surface area contributed by atoms with E-state index in [2.05, 4.69) is 15.9 Å². The molecule has 0 radical (unpaired) electrons. The summed E-state index contributed by atoms with van der Waals surface area (Å²) >= 11 is 3.18. The van der Waals surface area contributed by atoms with E-state index < -0.39 is 0 Å². The summed E-state index contributed by atoms with van der Waals surface area (Å²) in [4.78, 5) is 13.9. The first-order valence-corrected chi connectivity index (χ1v) is 6.65. The van der Waals surface area contributed by atoms with Gasteiger partial charge >= 0.3 is 0 Å². The van der Waals surface area contributed by atoms with E-state index in [-0.39, 0.29) is 11.7 Å². The van der Waals surface area contributed by atoms with Gasteiger partial charge < -0.3 is 19.5 Å². The van der Waals surface area contributed by atoms with Gasteiger partial charge in [0.05, 0.1) is 17.7 Å². The number of nitrogens with zero attached hydrogens (tertiary/aromatic N) is 1. The van der Waals surface area contributed by atoms with Crippen molar-refractivity contribution >= 4 is 21.8 Å². The molecule has 0 unspecified atom stereocenters. The molecule has 0 aliphatic carbocycles. The molecule has 106 valence electrons. The van der Waals surface area contributed by atoms with Crippen molar-refractivity contribution in [3.63, 3.8) is 0 Å². The van der Waals surface area contributed by atoms with Gasteiger partial charge in [-0.25, -0.2) is 0 Å². The second kappa shape index (κ2) is 8.14. The van der Waals surface area contributed by atoms with Crippen LogP contribution in [0.2, 0.25) is 0 Å². The number of halogens is 1. The molecule has 6 heteroatoms. The minimum atomic E-state index is -0.156. The third-order valence-corrected chi connectivity index (χ3v) is 3.28. The molecule has 5 nitrogen and oxygen atoms in total. The van der Waals surface area contributed by atoms with Crippen LogP contribution < -0.4 is 0 Å². The summed E-state index contributed by atoms with van der Waals surface area (Å²) in [5.74, 6) is -0.110. The fourth-order valence-electron chi connectivity index (χ4n) is 1.55. The number of aromatic hydroxyl groups is 1. The van der Waals surface area contributed by atoms with Crippen LogP contribution in [0.25, 0.3) is 0 Å². The zero-order chi connectivity index (χ0) is 14.3. The number of carbonyl (C=O) groups excluding carboxylic acids is 1. The van der Waals surface area contributed by atoms with Crippen LogP contribution in [0.3, 0.4) is 0 Å². The summed E-state index contributed by atoms with van der Waals surface area (Å²) < 4.78 is 10.5. The lowest BCUT2D eigenvalue weighted by atomic mass is 10.2. The largest absolute Gasteiger partial charge is 0.507 e. The van der Waals surface area contributed by atoms with E-state index >= 15 is 0 Å². The molecule has 0 aliphatic rings. The molecule has 0 spiro atoms. The van der Waals surface area contributed by atoms with Gasteiger partial charge in [-0.2, -0.15) is 0 Å². The first-order chi connectivity index (χ1) is 9.10. The monoisotopic (exact) mass is 331 g/mol. The summed E-state index contributed by atoms with van der Waals surface area (Å²) in [6.45, 7) is 1.88. The molecule has 1 N–H and O–H groups in total. The molecule has 0 aromatic heterocycles. The topological polar surface area (TPSA) is 59.0 Å². The number of phenols is 1. The second-order valence-electron chi connectivity index (χ2n) is 3.94. The minimum Gasteiger partial charge on any atom is -0.507 e. The molecule has 1 aromatic rings. The van der Waals surface area contributed by atoms with Gasteiger partial charge in [0.15, 0.2) is 0 Å². The molecular formula is C13H18BrNO4. The average molecular weight is 332 g/mol. The van der Waals surface area contributed by atoms with Crippen molar-refractivity contribution in [2.45, 2.75) is 0 Å². The molecule has 1 amide bonds. The van der Waals surface area contributed by atoms with Crippen molar-refractivity contribution in [1.29, 1.82) is 0 Å². The molecule has 0 saturated heterocycles. The SMILES string of the molecule is COCCN(CCOC)C(=O)c1ccc(Br)c(O)c1. The van der Waals surface area contributed by atoms with E-state index in [0.29, 0.717) is 36.3 Å². The van der Waals surface area contributed by atoms with E-state index in [0.717, 1.165) is 0 Å². The van der Waals surface area contributed by atoms with E-state index in [1.807, 2.05) is 0 Å². The van der Waals surface area contributed by atoms with Crippen LogP contribution >= 0.6 is 15.9 Å². The zero-order valence-corrected chi connectivity index (χ0v) is 12.6. The normalized spacial score (nSPS) is 10.5. The maximum absolute atomic E-state index is 12.3. The van der Waals surface area contributed by atoms with Crippen LogP contribution in [0.5, 0.6) is 5.75 Å². The van der Waals surface area contributed by atoms with Crippen LogP contribution in [0.4, 0.5) is 0 Å². The molecule has 0 aliphatic heterocycles. The first-order valence-electron chi connectivity index (χ1n) is 5.85. The first kappa shape index (κ1) is 15.9. The highest BCUT2D eigenvalue weighted by Gasteiger charge is 2.16. The van der Waals surface area contributed by atoms with Crippen molar-refractivity contribution in [3.8, 4) is 5.75 Å². The summed E-state index contributed by atoms with van der Waals surface area (Å²) in [6.07, 6.45) is 0. The number of amides is 1. The molecule has 19 heavy (non-hydrogen) atoms. The van der Waals surface area contributed by atoms with Crippen LogP contribution in [-0.4, -0.2) is 56.4 Å². The molecule has 1 aromatic carbocycles. The van der Waals surface area contributed by atoms with Gasteiger partial charge in [0, 0.05) is 32.9 Å². The van der Waals surface area contributed by atoms with E-state index in [9.17, 15) is 9.90 Å². The number of carbonyl (C=O) groups is 1. The molecule has 0 bridgehead atoms. The maximum atomic E-state index is 12.3. The summed E-state index contributed by atoms with van der Waals surface area (Å²) in [5.41, 5.74) is 0.438. The fourth-order valence-corrected chi connectivity index (χ4v) is 1.79. The third-order valence-electron chi connectivity index (χ3n) is 2.61. The van der Waals surface area contributed by atoms with Gasteiger partial charge in [-0.05, 0) is 34.1 Å². The van der Waals surface area contributed by atoms with Crippen LogP contribution in [-0.2, 0) is 9.47 Å². The Morgan fingerprint density at radius 3 is 2.32 bits per heavy atom. The Morgan fingerprint density at radius 1 is 1.26 bits per heavy atom. The summed E-state index contributed by atoms with van der Waals surface area (Å²) in [5, 5.41) is 9.62. The Bertz CT molecular complexity index is 417. The van der Waals surface area contributed by atoms with Gasteiger partial charge in [-0.15, -0.1) is 0 Å². The molecule has 1 rings (SSSR count). The Balaban J connectivity index is 2.81. The Hall–Kier alpha value is -1.11. The lowest BCUT2D eigenvalue weighted by molar-refractivity contribution is 0.0627. The molecular weight excluding hydrogens is 314 g/mol. The third kappa shape index (κ3) is 4.81. The number of hydrogen-bond acceptors (Lipinski definition) is 4. The van der Waals surface area contributed by atoms with Crippen molar-refractivity contribution in [2.24, 2.45) is 0 Å². The van der Waals surface area contributed by atoms with Gasteiger partial charge in [0.1, 0.15) is 5.75 Å². The van der Waals surface area contributed by atoms with Gasteiger partial charge in [0.2, 0.25) is 0 Å². The quantitative estimate of drug-likeness (QED) is 0.828. The predicted octanol–water partition coefficient (Wildman–Crippen LogP) is 1.89. The van der Waals surface area contributed by atoms with Crippen LogP contribution in [0.1, 0.15) is 10.4 Å². The number of methoxy groups -OCH3 is 2. The Morgan fingerprint density at radius 2 is 1.84 bits per heavy atom. The number of hydrogen-bond donors (Lipinski definition) is 1. The fraction of sp³-hybridized carbons (Fsp3) is 0.462. The molecule has 0 saturated carbocycles. The Kier molecular flexibility index (Phi) is 6.83. The summed E-state index contributed by atoms with van der Waals surface area (Å²) in [7, 11) is 3.18. The highest BCUT2D eigenvalue weighted by molar-refractivity contribution is 9.10. The van der Waals surface area contributed by atoms with Crippen LogP contribution in [0.15, 0.2) is 22.7 Å². The number of phenolic OH excluding ortho intramolecular Hbond substituents is 1. The molecule has 0 fully saturated rings. The maximum Gasteiger partial charge on any atom is 0.254 e. The smallest absolute Gasteiger partial charge is 0.254 e. The number of rotatable bonds is 7. The van der Waals surface area contributed by atoms with Crippen molar-refractivity contribution in [3.05, 3.63) is 28.2 Å². The zero-order valence-electron chi connectivity index (χ0n) is 11.1. The lowest BCUT2D eigenvalue weighted by Crippen LogP contribution is -2.36. The second-order valence-corrected chi connectivity index (χ2v) is 4.80. The van der Waals surface area contributed by atoms with E-state index in [1.54, 1.807) is 31.3 Å². The molecule has 0 heterocycles. The Labute approximate surface area is 121 Å². The van der Waals surface area contributed by atoms with Gasteiger partial charge in [-0.3, -0.25) is 4.79 Å². The van der Waals surface area contributed by atoms with E-state index in [4.69, 9.17) is 9.47 Å². The van der Waals surface area contributed by atoms with Gasteiger partial charge in [-0.1, -0.05) is 0 Å². The number of ether oxygens (including phenoxy) is 2. The van der Waals surface area contributed by atoms with Crippen LogP contribution in [0, 0.1) is 0 Å². The lowest BCUT2D eigenvalue weighted by Gasteiger charge is -2.22. The number of benzene rings is 1. The predicted molar refractivity (Wildman–Crippen MR) is 75.5 cm³/mol. The van der Waals surface area contributed by atoms with Crippen molar-refractivity contribution in [2.75, 3.05) is 40.5 Å². The van der Waals surface area contributed by atoms with Crippen molar-refractivity contribution in [1.82, 2.24) is 4.90 Å². The highest BCUT2D eigenvalue weighted by Crippen LogP contribution is 2.24. The average Bonchev–Trinajstić information content (AvgIpc) is 2.41. The summed E-state index contributed by atoms with van der Waals surface area (Å²) in [6, 6.07) is 4.76. The van der Waals surface area contributed by atoms with Crippen molar-refractivity contribution < 1.29 is 19.4 Å². The molecule has 0 atom stereocenters. The highest BCUT2D eigenvalue weighted by atomic mass is 79.9. The van der Waals surface area contributed by atoms with E-state index in [1.165, 1.54) is 6.07 Å².